The van der Waals surface area contributed by atoms with Gasteiger partial charge in [-0.05, 0) is 101 Å². The molecule has 0 amide bonds. The number of hydrogen-bond donors (Lipinski definition) is 4. The van der Waals surface area contributed by atoms with Crippen molar-refractivity contribution in [1.82, 2.24) is 5.32 Å². The Morgan fingerprint density at radius 3 is 2.70 bits per heavy atom. The molecule has 6 N–H and O–H groups in total. The predicted octanol–water partition coefficient (Wildman–Crippen LogP) is 3.29. The molecule has 0 aromatic rings. The van der Waals surface area contributed by atoms with Crippen molar-refractivity contribution in [3.8, 4) is 0 Å². The summed E-state index contributed by atoms with van der Waals surface area (Å²) in [6.45, 7) is 3.65. The van der Waals surface area contributed by atoms with E-state index < -0.39 is 0 Å². The molecule has 4 bridgehead atoms. The maximum Gasteiger partial charge on any atom is 0.0738 e. The topological polar surface area (TPSA) is 93.5 Å². The van der Waals surface area contributed by atoms with Gasteiger partial charge in [-0.1, -0.05) is 19.3 Å². The van der Waals surface area contributed by atoms with Crippen molar-refractivity contribution in [2.45, 2.75) is 113 Å². The van der Waals surface area contributed by atoms with Gasteiger partial charge in [0.1, 0.15) is 0 Å². The van der Waals surface area contributed by atoms with Crippen molar-refractivity contribution in [3.05, 3.63) is 0 Å². The van der Waals surface area contributed by atoms with Gasteiger partial charge in [-0.2, -0.15) is 0 Å². The van der Waals surface area contributed by atoms with E-state index in [2.05, 4.69) is 12.2 Å². The molecule has 3 heterocycles. The van der Waals surface area contributed by atoms with Crippen LogP contribution in [0.25, 0.3) is 0 Å². The molecule has 3 saturated heterocycles. The summed E-state index contributed by atoms with van der Waals surface area (Å²) in [5.41, 5.74) is 12.8. The van der Waals surface area contributed by atoms with E-state index >= 15 is 0 Å². The Hall–Kier alpha value is -0.200. The normalized spacial score (nSPS) is 53.6. The number of nitrogens with one attached hydrogen (secondary N) is 1. The molecule has 9 atom stereocenters. The van der Waals surface area contributed by atoms with Crippen molar-refractivity contribution in [3.63, 3.8) is 0 Å². The van der Waals surface area contributed by atoms with Crippen LogP contribution < -0.4 is 16.8 Å². The molecule has 3 aliphatic heterocycles. The minimum Gasteiger partial charge on any atom is -0.396 e. The van der Waals surface area contributed by atoms with Crippen molar-refractivity contribution < 1.29 is 9.84 Å². The summed E-state index contributed by atoms with van der Waals surface area (Å²) in [6.07, 6.45) is 15.9. The van der Waals surface area contributed by atoms with Gasteiger partial charge in [0, 0.05) is 18.1 Å². The number of aliphatic hydroxyl groups is 1. The fourth-order valence-electron chi connectivity index (χ4n) is 9.11. The van der Waals surface area contributed by atoms with Gasteiger partial charge in [0.05, 0.1) is 17.4 Å². The molecule has 30 heavy (non-hydrogen) atoms. The smallest absolute Gasteiger partial charge is 0.0738 e. The first kappa shape index (κ1) is 21.6. The lowest BCUT2D eigenvalue weighted by molar-refractivity contribution is -0.324. The fraction of sp³-hybridized carbons (Fsp3) is 1.00. The summed E-state index contributed by atoms with van der Waals surface area (Å²) in [5.74, 6) is 3.35. The van der Waals surface area contributed by atoms with Crippen LogP contribution in [0, 0.1) is 29.6 Å². The number of fused-ring (bicyclic) bond motifs is 1. The first-order chi connectivity index (χ1) is 14.4. The van der Waals surface area contributed by atoms with E-state index in [0.717, 1.165) is 44.1 Å². The van der Waals surface area contributed by atoms with Gasteiger partial charge in [0.25, 0.3) is 0 Å². The number of nitrogens with two attached hydrogens (primary N) is 2. The van der Waals surface area contributed by atoms with E-state index in [4.69, 9.17) is 16.2 Å². The molecule has 0 aromatic heterocycles. The molecule has 172 valence electrons. The Labute approximate surface area is 183 Å². The summed E-state index contributed by atoms with van der Waals surface area (Å²) in [4.78, 5) is 0. The van der Waals surface area contributed by atoms with Crippen LogP contribution in [0.2, 0.25) is 0 Å². The average molecular weight is 420 g/mol. The molecule has 9 unspecified atom stereocenters. The SMILES string of the molecule is CC12CCCC3CC(C4CCCC(CC5CCC(N)NC5)C4)(CC(N)(CCO)C31)O2. The minimum atomic E-state index is -0.249. The summed E-state index contributed by atoms with van der Waals surface area (Å²) < 4.78 is 7.17. The van der Waals surface area contributed by atoms with Crippen LogP contribution in [0.15, 0.2) is 0 Å². The Morgan fingerprint density at radius 2 is 1.97 bits per heavy atom. The third kappa shape index (κ3) is 3.67. The second-order valence-electron chi connectivity index (χ2n) is 12.1. The van der Waals surface area contributed by atoms with Gasteiger partial charge in [-0.3, -0.25) is 0 Å². The van der Waals surface area contributed by atoms with Crippen molar-refractivity contribution >= 4 is 0 Å². The van der Waals surface area contributed by atoms with Crippen LogP contribution >= 0.6 is 0 Å². The van der Waals surface area contributed by atoms with Crippen LogP contribution in [0.5, 0.6) is 0 Å². The molecule has 6 aliphatic rings. The van der Waals surface area contributed by atoms with Crippen LogP contribution in [0.3, 0.4) is 0 Å². The summed E-state index contributed by atoms with van der Waals surface area (Å²) in [7, 11) is 0. The van der Waals surface area contributed by atoms with Gasteiger partial charge >= 0.3 is 0 Å². The van der Waals surface area contributed by atoms with Crippen LogP contribution in [0.1, 0.15) is 90.4 Å². The Kier molecular flexibility index (Phi) is 5.76. The molecule has 3 aliphatic carbocycles. The molecule has 6 fully saturated rings. The maximum absolute atomic E-state index is 9.86. The van der Waals surface area contributed by atoms with E-state index in [1.54, 1.807) is 0 Å². The zero-order valence-corrected chi connectivity index (χ0v) is 19.1. The second kappa shape index (κ2) is 7.98. The molecule has 5 nitrogen and oxygen atoms in total. The maximum atomic E-state index is 9.86. The van der Waals surface area contributed by atoms with E-state index in [9.17, 15) is 5.11 Å². The minimum absolute atomic E-state index is 0.0512. The molecular formula is C25H45N3O2. The van der Waals surface area contributed by atoms with Gasteiger partial charge in [-0.15, -0.1) is 0 Å². The summed E-state index contributed by atoms with van der Waals surface area (Å²) in [5, 5.41) is 13.4. The van der Waals surface area contributed by atoms with E-state index in [1.807, 2.05) is 0 Å². The van der Waals surface area contributed by atoms with Gasteiger partial charge < -0.3 is 26.6 Å². The van der Waals surface area contributed by atoms with Crippen LogP contribution in [0.4, 0.5) is 0 Å². The number of piperidine rings is 1. The monoisotopic (exact) mass is 419 g/mol. The number of aliphatic hydroxyl groups excluding tert-OH is 1. The summed E-state index contributed by atoms with van der Waals surface area (Å²) >= 11 is 0. The quantitative estimate of drug-likeness (QED) is 0.549. The molecule has 3 saturated carbocycles. The highest BCUT2D eigenvalue weighted by atomic mass is 16.5. The first-order valence-corrected chi connectivity index (χ1v) is 12.9. The molecule has 0 aromatic carbocycles. The average Bonchev–Trinajstić information content (AvgIpc) is 2.69. The van der Waals surface area contributed by atoms with E-state index in [-0.39, 0.29) is 29.5 Å². The first-order valence-electron chi connectivity index (χ1n) is 12.9. The van der Waals surface area contributed by atoms with Gasteiger partial charge in [0.15, 0.2) is 0 Å². The predicted molar refractivity (Wildman–Crippen MR) is 120 cm³/mol. The zero-order valence-electron chi connectivity index (χ0n) is 19.1. The number of ether oxygens (including phenoxy) is 1. The lowest BCUT2D eigenvalue weighted by Crippen LogP contribution is -2.76. The Balaban J connectivity index is 1.34. The fourth-order valence-corrected chi connectivity index (χ4v) is 9.11. The third-order valence-corrected chi connectivity index (χ3v) is 9.99. The van der Waals surface area contributed by atoms with Crippen LogP contribution in [-0.2, 0) is 4.74 Å². The highest BCUT2D eigenvalue weighted by Gasteiger charge is 2.68. The molecule has 0 radical (unpaired) electrons. The molecular weight excluding hydrogens is 374 g/mol. The highest BCUT2D eigenvalue weighted by molar-refractivity contribution is 5.20. The lowest BCUT2D eigenvalue weighted by Gasteiger charge is -2.70. The lowest BCUT2D eigenvalue weighted by atomic mass is 9.46. The summed E-state index contributed by atoms with van der Waals surface area (Å²) in [6, 6.07) is 0. The molecule has 6 rings (SSSR count). The highest BCUT2D eigenvalue weighted by Crippen LogP contribution is 2.65. The Bertz CT molecular complexity index is 624. The largest absolute Gasteiger partial charge is 0.396 e. The van der Waals surface area contributed by atoms with E-state index in [0.29, 0.717) is 17.8 Å². The third-order valence-electron chi connectivity index (χ3n) is 9.99. The van der Waals surface area contributed by atoms with Crippen molar-refractivity contribution in [2.75, 3.05) is 13.2 Å². The van der Waals surface area contributed by atoms with Crippen LogP contribution in [-0.4, -0.2) is 41.2 Å². The van der Waals surface area contributed by atoms with E-state index in [1.165, 1.54) is 57.8 Å². The van der Waals surface area contributed by atoms with Crippen molar-refractivity contribution in [1.29, 1.82) is 0 Å². The molecule has 0 spiro atoms. The second-order valence-corrected chi connectivity index (χ2v) is 12.1. The standard InChI is InChI=1S/C25H45N3O2/c1-23-9-3-5-19-14-25(30-23,16-24(27,10-11-29)22(19)23)20-6-2-4-17(13-20)12-18-7-8-21(26)28-15-18/h17-22,28-29H,2-16,26-27H2,1H3. The zero-order chi connectivity index (χ0) is 21.0. The van der Waals surface area contributed by atoms with Gasteiger partial charge in [0.2, 0.25) is 0 Å². The van der Waals surface area contributed by atoms with Gasteiger partial charge in [-0.25, -0.2) is 0 Å². The number of hydrogen-bond acceptors (Lipinski definition) is 5. The molecule has 5 heteroatoms. The Morgan fingerprint density at radius 1 is 1.10 bits per heavy atom. The van der Waals surface area contributed by atoms with Crippen molar-refractivity contribution in [2.24, 2.45) is 41.1 Å². The number of rotatable bonds is 5.